The fourth-order valence-corrected chi connectivity index (χ4v) is 5.29. The van der Waals surface area contributed by atoms with E-state index in [0.717, 1.165) is 43.0 Å². The Morgan fingerprint density at radius 3 is 2.96 bits per heavy atom. The number of nitrogens with zero attached hydrogens (tertiary/aromatic N) is 2. The van der Waals surface area contributed by atoms with E-state index in [4.69, 9.17) is 4.99 Å². The minimum Gasteiger partial charge on any atom is -0.356 e. The van der Waals surface area contributed by atoms with Crippen LogP contribution in [0.2, 0.25) is 0 Å². The number of sulfone groups is 1. The van der Waals surface area contributed by atoms with Crippen molar-refractivity contribution in [3.63, 3.8) is 0 Å². The third kappa shape index (κ3) is 4.71. The Bertz CT molecular complexity index is 749. The fourth-order valence-electron chi connectivity index (χ4n) is 3.44. The van der Waals surface area contributed by atoms with Crippen LogP contribution in [0, 0.1) is 11.7 Å². The van der Waals surface area contributed by atoms with Gasteiger partial charge in [0.05, 0.1) is 11.5 Å². The van der Waals surface area contributed by atoms with Gasteiger partial charge in [0.1, 0.15) is 5.82 Å². The Hall–Kier alpha value is -1.63. The van der Waals surface area contributed by atoms with Crippen LogP contribution in [0.5, 0.6) is 0 Å². The molecule has 0 radical (unpaired) electrons. The summed E-state index contributed by atoms with van der Waals surface area (Å²) in [6.45, 7) is 4.96. The quantitative estimate of drug-likeness (QED) is 0.653. The molecular formula is C18H26FN3O2S. The molecule has 2 aliphatic heterocycles. The molecule has 1 N–H and O–H groups in total. The minimum atomic E-state index is -2.87. The van der Waals surface area contributed by atoms with Crippen LogP contribution in [0.1, 0.15) is 30.9 Å². The topological polar surface area (TPSA) is 61.8 Å². The molecule has 2 aliphatic rings. The monoisotopic (exact) mass is 367 g/mol. The number of aliphatic imine (C=N–C) groups is 1. The molecule has 2 heterocycles. The molecule has 1 aromatic carbocycles. The highest BCUT2D eigenvalue weighted by Crippen LogP contribution is 2.21. The van der Waals surface area contributed by atoms with E-state index in [2.05, 4.69) is 17.1 Å². The molecule has 7 heteroatoms. The average Bonchev–Trinajstić information content (AvgIpc) is 2.93. The third-order valence-electron chi connectivity index (χ3n) is 4.84. The molecule has 0 aliphatic carbocycles. The molecule has 5 nitrogen and oxygen atoms in total. The molecule has 1 saturated heterocycles. The van der Waals surface area contributed by atoms with E-state index in [1.54, 1.807) is 6.07 Å². The van der Waals surface area contributed by atoms with E-state index in [9.17, 15) is 12.8 Å². The van der Waals surface area contributed by atoms with E-state index in [1.165, 1.54) is 6.07 Å². The predicted molar refractivity (Wildman–Crippen MR) is 97.9 cm³/mol. The van der Waals surface area contributed by atoms with Crippen LogP contribution < -0.4 is 5.32 Å². The van der Waals surface area contributed by atoms with Crippen LogP contribution in [0.25, 0.3) is 0 Å². The summed E-state index contributed by atoms with van der Waals surface area (Å²) < 4.78 is 36.6. The van der Waals surface area contributed by atoms with E-state index >= 15 is 0 Å². The number of nitrogens with one attached hydrogen (secondary N) is 1. The fraction of sp³-hybridized carbons (Fsp3) is 0.611. The van der Waals surface area contributed by atoms with E-state index in [-0.39, 0.29) is 23.2 Å². The lowest BCUT2D eigenvalue weighted by Gasteiger charge is -2.32. The largest absolute Gasteiger partial charge is 0.356 e. The predicted octanol–water partition coefficient (Wildman–Crippen LogP) is 1.97. The van der Waals surface area contributed by atoms with E-state index in [1.807, 2.05) is 6.07 Å². The van der Waals surface area contributed by atoms with E-state index in [0.29, 0.717) is 19.5 Å². The summed E-state index contributed by atoms with van der Waals surface area (Å²) in [5.41, 5.74) is 2.19. The second kappa shape index (κ2) is 7.72. The van der Waals surface area contributed by atoms with Crippen LogP contribution in [0.3, 0.4) is 0 Å². The van der Waals surface area contributed by atoms with Crippen LogP contribution in [-0.4, -0.2) is 50.4 Å². The number of fused-ring (bicyclic) bond motifs is 1. The lowest BCUT2D eigenvalue weighted by Crippen LogP contribution is -2.44. The Morgan fingerprint density at radius 1 is 1.40 bits per heavy atom. The molecule has 0 spiro atoms. The smallest absolute Gasteiger partial charge is 0.194 e. The molecule has 0 saturated carbocycles. The van der Waals surface area contributed by atoms with Crippen LogP contribution in [-0.2, 0) is 22.8 Å². The zero-order valence-corrected chi connectivity index (χ0v) is 15.5. The maximum atomic E-state index is 13.4. The summed E-state index contributed by atoms with van der Waals surface area (Å²) in [5.74, 6) is 1.30. The number of rotatable bonds is 4. The molecule has 1 fully saturated rings. The molecule has 138 valence electrons. The molecule has 0 amide bonds. The van der Waals surface area contributed by atoms with Gasteiger partial charge in [-0.25, -0.2) is 12.8 Å². The first-order valence-corrected chi connectivity index (χ1v) is 10.8. The minimum absolute atomic E-state index is 0.120. The maximum absolute atomic E-state index is 13.4. The highest BCUT2D eigenvalue weighted by molar-refractivity contribution is 7.91. The summed E-state index contributed by atoms with van der Waals surface area (Å²) in [7, 11) is -2.87. The zero-order valence-electron chi connectivity index (χ0n) is 14.7. The zero-order chi connectivity index (χ0) is 17.9. The van der Waals surface area contributed by atoms with Gasteiger partial charge >= 0.3 is 0 Å². The van der Waals surface area contributed by atoms with Gasteiger partial charge < -0.3 is 10.2 Å². The second-order valence-corrected chi connectivity index (χ2v) is 9.17. The molecule has 25 heavy (non-hydrogen) atoms. The molecule has 0 bridgehead atoms. The van der Waals surface area contributed by atoms with Crippen molar-refractivity contribution in [1.82, 2.24) is 10.2 Å². The van der Waals surface area contributed by atoms with Gasteiger partial charge in [-0.3, -0.25) is 4.99 Å². The summed E-state index contributed by atoms with van der Waals surface area (Å²) in [5, 5.41) is 3.38. The van der Waals surface area contributed by atoms with Crippen molar-refractivity contribution in [3.05, 3.63) is 35.1 Å². The summed E-state index contributed by atoms with van der Waals surface area (Å²) in [6.07, 6.45) is 2.49. The van der Waals surface area contributed by atoms with Crippen LogP contribution >= 0.6 is 0 Å². The molecule has 1 atom stereocenters. The summed E-state index contributed by atoms with van der Waals surface area (Å²) >= 11 is 0. The van der Waals surface area contributed by atoms with Gasteiger partial charge in [-0.15, -0.1) is 0 Å². The number of hydrogen-bond acceptors (Lipinski definition) is 3. The van der Waals surface area contributed by atoms with Gasteiger partial charge in [0, 0.05) is 26.2 Å². The number of benzene rings is 1. The normalized spacial score (nSPS) is 22.7. The van der Waals surface area contributed by atoms with Crippen molar-refractivity contribution in [2.75, 3.05) is 31.1 Å². The van der Waals surface area contributed by atoms with Gasteiger partial charge in [0.15, 0.2) is 15.8 Å². The highest BCUT2D eigenvalue weighted by atomic mass is 32.2. The maximum Gasteiger partial charge on any atom is 0.194 e. The first-order valence-electron chi connectivity index (χ1n) is 8.98. The first kappa shape index (κ1) is 18.2. The third-order valence-corrected chi connectivity index (χ3v) is 6.68. The van der Waals surface area contributed by atoms with Gasteiger partial charge in [0.2, 0.25) is 0 Å². The van der Waals surface area contributed by atoms with Crippen molar-refractivity contribution in [3.8, 4) is 0 Å². The molecule has 1 aromatic rings. The summed E-state index contributed by atoms with van der Waals surface area (Å²) in [6, 6.07) is 4.96. The Kier molecular flexibility index (Phi) is 5.61. The SMILES string of the molecule is CCCNC(=NCC1CCS(=O)(=O)C1)N1CCc2cc(F)ccc2C1. The number of guanidine groups is 1. The van der Waals surface area contributed by atoms with Gasteiger partial charge in [-0.05, 0) is 48.4 Å². The first-order chi connectivity index (χ1) is 12.0. The Balaban J connectivity index is 1.70. The Labute approximate surface area is 149 Å². The molecule has 0 aromatic heterocycles. The van der Waals surface area contributed by atoms with Gasteiger partial charge in [0.25, 0.3) is 0 Å². The number of halogens is 1. The number of hydrogen-bond donors (Lipinski definition) is 1. The molecular weight excluding hydrogens is 341 g/mol. The van der Waals surface area contributed by atoms with Crippen molar-refractivity contribution in [2.24, 2.45) is 10.9 Å². The average molecular weight is 367 g/mol. The highest BCUT2D eigenvalue weighted by Gasteiger charge is 2.28. The lowest BCUT2D eigenvalue weighted by atomic mass is 10.00. The van der Waals surface area contributed by atoms with Gasteiger partial charge in [-0.1, -0.05) is 13.0 Å². The van der Waals surface area contributed by atoms with Crippen molar-refractivity contribution >= 4 is 15.8 Å². The van der Waals surface area contributed by atoms with Crippen molar-refractivity contribution in [1.29, 1.82) is 0 Å². The summed E-state index contributed by atoms with van der Waals surface area (Å²) in [4.78, 5) is 6.90. The van der Waals surface area contributed by atoms with Crippen molar-refractivity contribution < 1.29 is 12.8 Å². The van der Waals surface area contributed by atoms with Crippen molar-refractivity contribution in [2.45, 2.75) is 32.7 Å². The standard InChI is InChI=1S/C18H26FN3O2S/c1-2-7-20-18(21-11-14-6-9-25(23,24)13-14)22-8-5-15-10-17(19)4-3-16(15)12-22/h3-4,10,14H,2,5-9,11-13H2,1H3,(H,20,21). The second-order valence-electron chi connectivity index (χ2n) is 6.94. The van der Waals surface area contributed by atoms with Crippen LogP contribution in [0.4, 0.5) is 4.39 Å². The molecule has 1 unspecified atom stereocenters. The van der Waals surface area contributed by atoms with E-state index < -0.39 is 9.84 Å². The van der Waals surface area contributed by atoms with Crippen LogP contribution in [0.15, 0.2) is 23.2 Å². The lowest BCUT2D eigenvalue weighted by molar-refractivity contribution is 0.375. The Morgan fingerprint density at radius 2 is 2.24 bits per heavy atom. The van der Waals surface area contributed by atoms with Gasteiger partial charge in [-0.2, -0.15) is 0 Å². The molecule has 3 rings (SSSR count).